The molecule has 2 aromatic heterocycles. The molecule has 5 rings (SSSR count). The molecule has 0 radical (unpaired) electrons. The molecule has 3 aromatic rings. The van der Waals surface area contributed by atoms with Crippen molar-refractivity contribution in [3.05, 3.63) is 45.9 Å². The average molecular weight is 541 g/mol. The third kappa shape index (κ3) is 5.17. The number of imidazole rings is 1. The fraction of sp³-hybridized carbons (Fsp3) is 0.435. The number of aromatic nitrogens is 4. The summed E-state index contributed by atoms with van der Waals surface area (Å²) in [5.74, 6) is 0.967. The lowest BCUT2D eigenvalue weighted by atomic mass is 10.0. The molecule has 192 valence electrons. The Kier molecular flexibility index (Phi) is 6.64. The number of hydrogen-bond donors (Lipinski definition) is 2. The highest BCUT2D eigenvalue weighted by Gasteiger charge is 2.29. The Labute approximate surface area is 219 Å². The van der Waals surface area contributed by atoms with Crippen molar-refractivity contribution < 1.29 is 8.42 Å². The number of nitrogens with zero attached hydrogens (tertiary/aromatic N) is 8. The highest BCUT2D eigenvalue weighted by molar-refractivity contribution is 7.88. The van der Waals surface area contributed by atoms with Crippen molar-refractivity contribution in [1.82, 2.24) is 28.8 Å². The Hall–Kier alpha value is -3.49. The van der Waals surface area contributed by atoms with E-state index in [1.165, 1.54) is 21.3 Å². The Morgan fingerprint density at radius 1 is 1.27 bits per heavy atom. The predicted octanol–water partition coefficient (Wildman–Crippen LogP) is 3.16. The molecule has 1 saturated heterocycles. The van der Waals surface area contributed by atoms with E-state index in [9.17, 15) is 13.7 Å². The minimum Gasteiger partial charge on any atom is -0.362 e. The molecule has 0 spiro atoms. The van der Waals surface area contributed by atoms with Gasteiger partial charge in [0.2, 0.25) is 10.0 Å². The fourth-order valence-corrected chi connectivity index (χ4v) is 5.50. The third-order valence-electron chi connectivity index (χ3n) is 6.59. The number of halogens is 1. The van der Waals surface area contributed by atoms with Crippen molar-refractivity contribution in [1.29, 1.82) is 5.26 Å². The lowest BCUT2D eigenvalue weighted by molar-refractivity contribution is 0.146. The summed E-state index contributed by atoms with van der Waals surface area (Å²) in [7, 11) is -3.24. The molecule has 37 heavy (non-hydrogen) atoms. The second-order valence-electron chi connectivity index (χ2n) is 9.20. The molecular weight excluding hydrogens is 516 g/mol. The molecule has 2 fully saturated rings. The van der Waals surface area contributed by atoms with Crippen molar-refractivity contribution in [2.24, 2.45) is 0 Å². The van der Waals surface area contributed by atoms with Gasteiger partial charge in [-0.15, -0.1) is 4.52 Å². The maximum atomic E-state index is 11.9. The molecule has 0 bridgehead atoms. The average Bonchev–Trinajstić information content (AvgIpc) is 3.60. The lowest BCUT2D eigenvalue weighted by Crippen LogP contribution is -2.48. The van der Waals surface area contributed by atoms with Crippen LogP contribution in [0.1, 0.15) is 36.9 Å². The zero-order chi connectivity index (χ0) is 26.3. The van der Waals surface area contributed by atoms with E-state index in [4.69, 9.17) is 18.2 Å². The molecule has 3 heterocycles. The number of fused-ring (bicyclic) bond motifs is 1. The second-order valence-corrected chi connectivity index (χ2v) is 11.6. The van der Waals surface area contributed by atoms with E-state index in [0.717, 1.165) is 18.4 Å². The maximum absolute atomic E-state index is 11.9. The minimum atomic E-state index is -3.24. The SMILES string of the molecule is [C-]#[N+]c1cnc2c(NC3CC3)nc(Nc3cc(C#N)cc(C(C)N4CCN(S(C)(=O)=O)CC4)c3Cl)nn12. The van der Waals surface area contributed by atoms with E-state index in [1.807, 2.05) is 6.92 Å². The first-order valence-electron chi connectivity index (χ1n) is 11.8. The van der Waals surface area contributed by atoms with Crippen molar-refractivity contribution in [2.45, 2.75) is 31.8 Å². The number of sulfonamides is 1. The summed E-state index contributed by atoms with van der Waals surface area (Å²) in [5.41, 5.74) is 2.06. The van der Waals surface area contributed by atoms with Crippen molar-refractivity contribution in [3.8, 4) is 6.07 Å². The number of hydrogen-bond acceptors (Lipinski definition) is 9. The van der Waals surface area contributed by atoms with Crippen molar-refractivity contribution >= 4 is 50.5 Å². The summed E-state index contributed by atoms with van der Waals surface area (Å²) in [6.45, 7) is 11.3. The maximum Gasteiger partial charge on any atom is 0.275 e. The van der Waals surface area contributed by atoms with Gasteiger partial charge in [0.15, 0.2) is 5.82 Å². The molecule has 1 saturated carbocycles. The molecule has 1 aromatic carbocycles. The first kappa shape index (κ1) is 25.2. The van der Waals surface area contributed by atoms with E-state index >= 15 is 0 Å². The summed E-state index contributed by atoms with van der Waals surface area (Å²) in [5, 5.41) is 21.0. The van der Waals surface area contributed by atoms with Gasteiger partial charge in [-0.2, -0.15) is 14.6 Å². The topological polar surface area (TPSA) is 136 Å². The van der Waals surface area contributed by atoms with E-state index in [2.05, 4.69) is 41.5 Å². The molecule has 2 N–H and O–H groups in total. The van der Waals surface area contributed by atoms with Crippen molar-refractivity contribution in [3.63, 3.8) is 0 Å². The van der Waals surface area contributed by atoms with Crippen LogP contribution in [0.3, 0.4) is 0 Å². The standard InChI is InChI=1S/C23H25ClN10O2S/c1-14(32-6-8-33(9-7-32)37(3,35)36)17-10-15(12-25)11-18(20(17)24)29-23-30-21(28-16-4-5-16)22-27-13-19(26-2)34(22)31-23/h10-11,13-14,16H,4-9H2,1,3H3,(H2,28,29,30,31). The highest BCUT2D eigenvalue weighted by atomic mass is 35.5. The van der Waals surface area contributed by atoms with Gasteiger partial charge in [0.05, 0.1) is 34.8 Å². The van der Waals surface area contributed by atoms with Crippen LogP contribution in [0.15, 0.2) is 18.3 Å². The van der Waals surface area contributed by atoms with Gasteiger partial charge in [-0.05, 0) is 37.5 Å². The van der Waals surface area contributed by atoms with E-state index in [0.29, 0.717) is 60.0 Å². The Morgan fingerprint density at radius 3 is 2.62 bits per heavy atom. The van der Waals surface area contributed by atoms with Gasteiger partial charge in [0.1, 0.15) is 0 Å². The van der Waals surface area contributed by atoms with Crippen LogP contribution < -0.4 is 10.6 Å². The normalized spacial score (nSPS) is 17.8. The second kappa shape index (κ2) is 9.76. The summed E-state index contributed by atoms with van der Waals surface area (Å²) in [4.78, 5) is 14.5. The zero-order valence-corrected chi connectivity index (χ0v) is 21.9. The molecule has 2 aliphatic rings. The van der Waals surface area contributed by atoms with Crippen molar-refractivity contribution in [2.75, 3.05) is 43.1 Å². The van der Waals surface area contributed by atoms with Gasteiger partial charge in [-0.1, -0.05) is 23.3 Å². The number of benzene rings is 1. The molecular formula is C23H25ClN10O2S. The van der Waals surface area contributed by atoms with Crippen LogP contribution in [-0.4, -0.2) is 75.7 Å². The third-order valence-corrected chi connectivity index (χ3v) is 8.32. The first-order chi connectivity index (χ1) is 17.7. The molecule has 1 aliphatic carbocycles. The number of piperazine rings is 1. The summed E-state index contributed by atoms with van der Waals surface area (Å²) < 4.78 is 26.7. The molecule has 14 heteroatoms. The van der Waals surface area contributed by atoms with Crippen LogP contribution in [0, 0.1) is 17.9 Å². The highest BCUT2D eigenvalue weighted by Crippen LogP contribution is 2.36. The van der Waals surface area contributed by atoms with E-state index < -0.39 is 10.0 Å². The number of nitriles is 1. The van der Waals surface area contributed by atoms with Gasteiger partial charge >= 0.3 is 0 Å². The Bertz CT molecular complexity index is 1550. The quantitative estimate of drug-likeness (QED) is 0.433. The predicted molar refractivity (Wildman–Crippen MR) is 140 cm³/mol. The smallest absolute Gasteiger partial charge is 0.275 e. The number of nitrogens with one attached hydrogen (secondary N) is 2. The van der Waals surface area contributed by atoms with Gasteiger partial charge in [-0.25, -0.2) is 13.4 Å². The monoisotopic (exact) mass is 540 g/mol. The molecule has 12 nitrogen and oxygen atoms in total. The van der Waals surface area contributed by atoms with Crippen LogP contribution in [0.2, 0.25) is 5.02 Å². The minimum absolute atomic E-state index is 0.166. The van der Waals surface area contributed by atoms with Gasteiger partial charge < -0.3 is 15.5 Å². The summed E-state index contributed by atoms with van der Waals surface area (Å²) in [6.07, 6.45) is 4.73. The largest absolute Gasteiger partial charge is 0.362 e. The lowest BCUT2D eigenvalue weighted by Gasteiger charge is -2.37. The first-order valence-corrected chi connectivity index (χ1v) is 14.0. The van der Waals surface area contributed by atoms with Gasteiger partial charge in [-0.3, -0.25) is 4.90 Å². The Balaban J connectivity index is 1.46. The molecule has 1 atom stereocenters. The summed E-state index contributed by atoms with van der Waals surface area (Å²) >= 11 is 6.85. The number of rotatable bonds is 7. The van der Waals surface area contributed by atoms with Crippen LogP contribution in [0.4, 0.5) is 23.3 Å². The van der Waals surface area contributed by atoms with Crippen LogP contribution in [0.5, 0.6) is 0 Å². The van der Waals surface area contributed by atoms with Gasteiger partial charge in [0, 0.05) is 38.3 Å². The Morgan fingerprint density at radius 2 is 2.00 bits per heavy atom. The van der Waals surface area contributed by atoms with Crippen LogP contribution in [0.25, 0.3) is 10.5 Å². The molecule has 1 unspecified atom stereocenters. The van der Waals surface area contributed by atoms with Gasteiger partial charge in [0.25, 0.3) is 17.4 Å². The molecule has 0 amide bonds. The molecule has 1 aliphatic heterocycles. The zero-order valence-electron chi connectivity index (χ0n) is 20.3. The van der Waals surface area contributed by atoms with E-state index in [-0.39, 0.29) is 17.8 Å². The number of anilines is 3. The fourth-order valence-electron chi connectivity index (χ4n) is 4.36. The summed E-state index contributed by atoms with van der Waals surface area (Å²) in [6, 6.07) is 5.70. The van der Waals surface area contributed by atoms with Crippen LogP contribution in [-0.2, 0) is 10.0 Å². The van der Waals surface area contributed by atoms with Crippen LogP contribution >= 0.6 is 11.6 Å². The van der Waals surface area contributed by atoms with E-state index in [1.54, 1.807) is 12.1 Å².